The van der Waals surface area contributed by atoms with Crippen LogP contribution in [0.15, 0.2) is 12.2 Å². The van der Waals surface area contributed by atoms with E-state index in [1.807, 2.05) is 0 Å². The van der Waals surface area contributed by atoms with Crippen LogP contribution in [-0.4, -0.2) is 23.2 Å². The van der Waals surface area contributed by atoms with Gasteiger partial charge < -0.3 is 10.4 Å². The van der Waals surface area contributed by atoms with E-state index in [0.717, 1.165) is 19.3 Å². The number of carboxylic acids is 1. The fourth-order valence-corrected chi connectivity index (χ4v) is 4.43. The summed E-state index contributed by atoms with van der Waals surface area (Å²) >= 11 is 0. The summed E-state index contributed by atoms with van der Waals surface area (Å²) in [5.74, 6) is 0.305. The van der Waals surface area contributed by atoms with Gasteiger partial charge in [-0.2, -0.15) is 0 Å². The van der Waals surface area contributed by atoms with E-state index in [9.17, 15) is 9.90 Å². The van der Waals surface area contributed by atoms with Gasteiger partial charge in [-0.15, -0.1) is 0 Å². The standard InChI is InChI=1S/C16H25NO2/c18-16(19)14-11-8-9-12(10-11)15(14)17-13-6-4-2-1-3-5-7-13/h4,6,11-15,17H,1-3,5,7-10H2,(H,18,19)/b6-4+. The molecule has 0 aromatic rings. The predicted octanol–water partition coefficient (Wildman–Crippen LogP) is 2.96. The van der Waals surface area contributed by atoms with Crippen molar-refractivity contribution in [2.24, 2.45) is 17.8 Å². The van der Waals surface area contributed by atoms with Gasteiger partial charge in [0.25, 0.3) is 0 Å². The molecule has 5 atom stereocenters. The maximum absolute atomic E-state index is 11.5. The quantitative estimate of drug-likeness (QED) is 0.770. The molecule has 3 heteroatoms. The van der Waals surface area contributed by atoms with Crippen LogP contribution < -0.4 is 5.32 Å². The van der Waals surface area contributed by atoms with Gasteiger partial charge in [0.05, 0.1) is 5.92 Å². The average molecular weight is 263 g/mol. The number of hydrogen-bond acceptors (Lipinski definition) is 2. The van der Waals surface area contributed by atoms with Crippen LogP contribution >= 0.6 is 0 Å². The van der Waals surface area contributed by atoms with Crippen LogP contribution in [0.25, 0.3) is 0 Å². The van der Waals surface area contributed by atoms with Gasteiger partial charge in [0, 0.05) is 12.1 Å². The Morgan fingerprint density at radius 1 is 1.11 bits per heavy atom. The number of rotatable bonds is 3. The Morgan fingerprint density at radius 2 is 1.95 bits per heavy atom. The van der Waals surface area contributed by atoms with Crippen LogP contribution in [0, 0.1) is 17.8 Å². The highest BCUT2D eigenvalue weighted by molar-refractivity contribution is 5.72. The normalized spacial score (nSPS) is 43.7. The first kappa shape index (κ1) is 13.2. The molecule has 2 N–H and O–H groups in total. The smallest absolute Gasteiger partial charge is 0.308 e. The van der Waals surface area contributed by atoms with Gasteiger partial charge in [-0.05, 0) is 50.4 Å². The molecule has 0 heterocycles. The second-order valence-electron chi connectivity index (χ2n) is 6.56. The minimum atomic E-state index is -0.584. The second kappa shape index (κ2) is 5.66. The molecule has 3 nitrogen and oxygen atoms in total. The summed E-state index contributed by atoms with van der Waals surface area (Å²) < 4.78 is 0. The minimum Gasteiger partial charge on any atom is -0.481 e. The van der Waals surface area contributed by atoms with E-state index in [1.54, 1.807) is 0 Å². The van der Waals surface area contributed by atoms with Crippen molar-refractivity contribution in [2.45, 2.75) is 63.5 Å². The largest absolute Gasteiger partial charge is 0.481 e. The number of hydrogen-bond donors (Lipinski definition) is 2. The molecule has 3 aliphatic rings. The zero-order valence-electron chi connectivity index (χ0n) is 11.6. The van der Waals surface area contributed by atoms with Gasteiger partial charge in [-0.3, -0.25) is 4.79 Å². The van der Waals surface area contributed by atoms with Crippen LogP contribution in [-0.2, 0) is 4.79 Å². The van der Waals surface area contributed by atoms with Crippen molar-refractivity contribution >= 4 is 5.97 Å². The van der Waals surface area contributed by atoms with Crippen LogP contribution in [0.2, 0.25) is 0 Å². The molecule has 0 saturated heterocycles. The highest BCUT2D eigenvalue weighted by Gasteiger charge is 2.51. The summed E-state index contributed by atoms with van der Waals surface area (Å²) in [6.07, 6.45) is 14.3. The van der Waals surface area contributed by atoms with Crippen molar-refractivity contribution in [3.05, 3.63) is 12.2 Å². The lowest BCUT2D eigenvalue weighted by atomic mass is 9.83. The lowest BCUT2D eigenvalue weighted by Gasteiger charge is -2.32. The molecule has 106 valence electrons. The molecular formula is C16H25NO2. The number of allylic oxidation sites excluding steroid dienone is 1. The fraction of sp³-hybridized carbons (Fsp3) is 0.812. The van der Waals surface area contributed by atoms with Crippen LogP contribution in [0.4, 0.5) is 0 Å². The number of nitrogens with one attached hydrogen (secondary N) is 1. The van der Waals surface area contributed by atoms with Crippen molar-refractivity contribution < 1.29 is 9.90 Å². The molecule has 2 bridgehead atoms. The monoisotopic (exact) mass is 263 g/mol. The summed E-state index contributed by atoms with van der Waals surface area (Å²) in [4.78, 5) is 11.5. The Kier molecular flexibility index (Phi) is 3.92. The zero-order valence-corrected chi connectivity index (χ0v) is 11.6. The lowest BCUT2D eigenvalue weighted by Crippen LogP contribution is -2.48. The molecule has 0 spiro atoms. The van der Waals surface area contributed by atoms with Gasteiger partial charge in [0.15, 0.2) is 0 Å². The first-order valence-corrected chi connectivity index (χ1v) is 7.91. The third-order valence-corrected chi connectivity index (χ3v) is 5.36. The van der Waals surface area contributed by atoms with E-state index in [0.29, 0.717) is 17.9 Å². The molecular weight excluding hydrogens is 238 g/mol. The molecule has 0 aliphatic heterocycles. The number of carboxylic acid groups (broad SMARTS) is 1. The van der Waals surface area contributed by atoms with E-state index >= 15 is 0 Å². The summed E-state index contributed by atoms with van der Waals surface area (Å²) in [7, 11) is 0. The van der Waals surface area contributed by atoms with Gasteiger partial charge in [0.2, 0.25) is 0 Å². The number of carbonyl (C=O) groups is 1. The SMILES string of the molecule is O=C(O)C1C2CCC(C2)C1NC1/C=C/CCCCC1. The van der Waals surface area contributed by atoms with Crippen molar-refractivity contribution in [1.29, 1.82) is 0 Å². The van der Waals surface area contributed by atoms with E-state index < -0.39 is 5.97 Å². The number of fused-ring (bicyclic) bond motifs is 2. The molecule has 2 saturated carbocycles. The predicted molar refractivity (Wildman–Crippen MR) is 74.9 cm³/mol. The zero-order chi connectivity index (χ0) is 13.2. The van der Waals surface area contributed by atoms with Gasteiger partial charge >= 0.3 is 5.97 Å². The van der Waals surface area contributed by atoms with Crippen LogP contribution in [0.1, 0.15) is 51.4 Å². The minimum absolute atomic E-state index is 0.141. The Labute approximate surface area is 115 Å². The molecule has 3 rings (SSSR count). The Bertz CT molecular complexity index is 366. The van der Waals surface area contributed by atoms with Crippen molar-refractivity contribution in [3.63, 3.8) is 0 Å². The fourth-order valence-electron chi connectivity index (χ4n) is 4.43. The van der Waals surface area contributed by atoms with Crippen molar-refractivity contribution in [1.82, 2.24) is 5.32 Å². The summed E-state index contributed by atoms with van der Waals surface area (Å²) in [5, 5.41) is 13.2. The van der Waals surface area contributed by atoms with E-state index in [2.05, 4.69) is 17.5 Å². The third-order valence-electron chi connectivity index (χ3n) is 5.36. The third kappa shape index (κ3) is 2.71. The molecule has 0 amide bonds. The molecule has 19 heavy (non-hydrogen) atoms. The highest BCUT2D eigenvalue weighted by Crippen LogP contribution is 2.48. The maximum atomic E-state index is 11.5. The van der Waals surface area contributed by atoms with Gasteiger partial charge in [0.1, 0.15) is 0 Å². The van der Waals surface area contributed by atoms with Gasteiger partial charge in [-0.25, -0.2) is 0 Å². The molecule has 2 fully saturated rings. The van der Waals surface area contributed by atoms with E-state index in [1.165, 1.54) is 32.1 Å². The van der Waals surface area contributed by atoms with Crippen LogP contribution in [0.5, 0.6) is 0 Å². The Morgan fingerprint density at radius 3 is 2.79 bits per heavy atom. The molecule has 5 unspecified atom stereocenters. The highest BCUT2D eigenvalue weighted by atomic mass is 16.4. The number of aliphatic carboxylic acids is 1. The Balaban J connectivity index is 1.67. The second-order valence-corrected chi connectivity index (χ2v) is 6.56. The van der Waals surface area contributed by atoms with E-state index in [-0.39, 0.29) is 12.0 Å². The van der Waals surface area contributed by atoms with Crippen molar-refractivity contribution in [2.75, 3.05) is 0 Å². The maximum Gasteiger partial charge on any atom is 0.308 e. The summed E-state index contributed by atoms with van der Waals surface area (Å²) in [6, 6.07) is 0.608. The van der Waals surface area contributed by atoms with Crippen molar-refractivity contribution in [3.8, 4) is 0 Å². The summed E-state index contributed by atoms with van der Waals surface area (Å²) in [6.45, 7) is 0. The molecule has 0 aromatic carbocycles. The van der Waals surface area contributed by atoms with Gasteiger partial charge in [-0.1, -0.05) is 25.0 Å². The van der Waals surface area contributed by atoms with Crippen LogP contribution in [0.3, 0.4) is 0 Å². The topological polar surface area (TPSA) is 49.3 Å². The first-order valence-electron chi connectivity index (χ1n) is 7.91. The summed E-state index contributed by atoms with van der Waals surface area (Å²) in [5.41, 5.74) is 0. The Hall–Kier alpha value is -0.830. The first-order chi connectivity index (χ1) is 9.25. The average Bonchev–Trinajstić information content (AvgIpc) is 2.92. The lowest BCUT2D eigenvalue weighted by molar-refractivity contribution is -0.144. The molecule has 0 aromatic heterocycles. The molecule has 3 aliphatic carbocycles. The van der Waals surface area contributed by atoms with E-state index in [4.69, 9.17) is 0 Å². The molecule has 0 radical (unpaired) electrons.